The van der Waals surface area contributed by atoms with Crippen LogP contribution in [-0.2, 0) is 0 Å². The van der Waals surface area contributed by atoms with E-state index >= 15 is 0 Å². The van der Waals surface area contributed by atoms with E-state index in [0.29, 0.717) is 0 Å². The van der Waals surface area contributed by atoms with Crippen LogP contribution in [0.5, 0.6) is 0 Å². The van der Waals surface area contributed by atoms with Crippen LogP contribution in [0.2, 0.25) is 0 Å². The van der Waals surface area contributed by atoms with Gasteiger partial charge in [-0.25, -0.2) is 4.42 Å². The fourth-order valence-corrected chi connectivity index (χ4v) is 4.38. The molecule has 0 radical (unpaired) electrons. The van der Waals surface area contributed by atoms with Gasteiger partial charge >= 0.3 is 23.1 Å². The molecule has 0 aliphatic heterocycles. The predicted molar refractivity (Wildman–Crippen MR) is 129 cm³/mol. The molecule has 0 aromatic carbocycles. The summed E-state index contributed by atoms with van der Waals surface area (Å²) in [6.07, 6.45) is 21.8. The molecule has 0 amide bonds. The minimum Gasteiger partial charge on any atom is -1.00 e. The van der Waals surface area contributed by atoms with Crippen molar-refractivity contribution in [2.45, 2.75) is 130 Å². The van der Waals surface area contributed by atoms with E-state index < -0.39 is 0 Å². The molecule has 0 saturated heterocycles. The normalized spacial score (nSPS) is 13.6. The van der Waals surface area contributed by atoms with E-state index in [9.17, 15) is 0 Å². The van der Waals surface area contributed by atoms with E-state index in [2.05, 4.69) is 32.1 Å². The van der Waals surface area contributed by atoms with Gasteiger partial charge in [0.2, 0.25) is 0 Å². The van der Waals surface area contributed by atoms with E-state index in [-0.39, 0.29) is 25.9 Å². The fourth-order valence-electron chi connectivity index (χ4n) is 3.99. The molecule has 0 aromatic rings. The molecular formula is C24H52ClMgN. The second kappa shape index (κ2) is 23.3. The third kappa shape index (κ3) is 20.1. The molecule has 0 saturated carbocycles. The van der Waals surface area contributed by atoms with Crippen LogP contribution in [0.15, 0.2) is 0 Å². The zero-order chi connectivity index (χ0) is 19.5. The summed E-state index contributed by atoms with van der Waals surface area (Å²) < 4.78 is 2.17. The molecule has 0 aliphatic carbocycles. The monoisotopic (exact) mass is 413 g/mol. The molecule has 0 rings (SSSR count). The Labute approximate surface area is 197 Å². The largest absolute Gasteiger partial charge is 2.00 e. The summed E-state index contributed by atoms with van der Waals surface area (Å²) >= 11 is 6.74. The molecule has 27 heavy (non-hydrogen) atoms. The van der Waals surface area contributed by atoms with Crippen LogP contribution in [0.4, 0.5) is 0 Å². The maximum Gasteiger partial charge on any atom is 2.00 e. The Morgan fingerprint density at radius 1 is 0.556 bits per heavy atom. The quantitative estimate of drug-likeness (QED) is 0.109. The third-order valence-electron chi connectivity index (χ3n) is 5.78. The van der Waals surface area contributed by atoms with Gasteiger partial charge in [-0.1, -0.05) is 105 Å². The van der Waals surface area contributed by atoms with Crippen LogP contribution in [0.1, 0.15) is 133 Å². The zero-order valence-electron chi connectivity index (χ0n) is 21.4. The summed E-state index contributed by atoms with van der Waals surface area (Å²) in [6, 6.07) is 0. The van der Waals surface area contributed by atoms with Gasteiger partial charge < -0.3 is 2.85 Å². The number of halogens is 1. The molecule has 0 spiro atoms. The van der Waals surface area contributed by atoms with Crippen LogP contribution in [0, 0.1) is 11.8 Å². The number of rotatable bonds is 20. The van der Waals surface area contributed by atoms with Crippen LogP contribution < -0.4 is 0 Å². The Balaban J connectivity index is -0.00000104. The minimum atomic E-state index is 0. The van der Waals surface area contributed by atoms with Gasteiger partial charge in [-0.05, 0) is 49.3 Å². The molecule has 3 heteroatoms. The van der Waals surface area contributed by atoms with E-state index in [4.69, 9.17) is 11.8 Å². The van der Waals surface area contributed by atoms with Gasteiger partial charge in [0.25, 0.3) is 0 Å². The number of hydrogen-bond acceptors (Lipinski definition) is 1. The Morgan fingerprint density at radius 2 is 0.889 bits per heavy atom. The molecule has 2 unspecified atom stereocenters. The Kier molecular flexibility index (Phi) is 26.1. The third-order valence-corrected chi connectivity index (χ3v) is 6.05. The first-order valence-electron chi connectivity index (χ1n) is 12.1. The van der Waals surface area contributed by atoms with Crippen LogP contribution in [-0.4, -0.2) is 40.6 Å². The number of unbranched alkanes of at least 4 members (excludes halogenated alkanes) is 8. The van der Waals surface area contributed by atoms with Crippen LogP contribution in [0.25, 0.3) is 0 Å². The average molecular weight is 414 g/mol. The molecule has 1 nitrogen and oxygen atoms in total. The summed E-state index contributed by atoms with van der Waals surface area (Å²) in [5, 5.41) is 0. The smallest absolute Gasteiger partial charge is 1.00 e. The Morgan fingerprint density at radius 3 is 1.22 bits per heavy atom. The average Bonchev–Trinajstić information content (AvgIpc) is 2.64. The summed E-state index contributed by atoms with van der Waals surface area (Å²) in [7, 11) is 0. The number of hydrogen-bond donors (Lipinski definition) is 0. The van der Waals surface area contributed by atoms with Gasteiger partial charge in [0, 0.05) is 13.1 Å². The van der Waals surface area contributed by atoms with Gasteiger partial charge in [0.1, 0.15) is 0 Å². The van der Waals surface area contributed by atoms with Gasteiger partial charge in [0.15, 0.2) is 0 Å². The van der Waals surface area contributed by atoms with E-state index in [1.165, 1.54) is 103 Å². The van der Waals surface area contributed by atoms with Crippen LogP contribution in [0.3, 0.4) is 0 Å². The van der Waals surface area contributed by atoms with Crippen molar-refractivity contribution in [1.82, 2.24) is 4.42 Å². The molecular weight excluding hydrogens is 362 g/mol. The van der Waals surface area contributed by atoms with E-state index in [0.717, 1.165) is 24.9 Å². The molecule has 0 bridgehead atoms. The topological polar surface area (TPSA) is 3.24 Å². The summed E-state index contributed by atoms with van der Waals surface area (Å²) in [6.45, 7) is 11.4. The standard InChI is InChI=1S/C24H50ClN.Mg.2H/c1-5-9-13-15-19-23(17-11-7-3)21-26(25)22-24(18-12-8-4)20-16-14-10-6-2;;;/h23-24H,5-22H2,1-4H3;;;/q;+2;2*-1. The first-order chi connectivity index (χ1) is 12.7. The van der Waals surface area contributed by atoms with Gasteiger partial charge in [0.05, 0.1) is 0 Å². The molecule has 162 valence electrons. The van der Waals surface area contributed by atoms with Gasteiger partial charge in [-0.2, -0.15) is 0 Å². The van der Waals surface area contributed by atoms with Crippen molar-refractivity contribution in [3.8, 4) is 0 Å². The fraction of sp³-hybridized carbons (Fsp3) is 1.00. The first kappa shape index (κ1) is 30.2. The summed E-state index contributed by atoms with van der Waals surface area (Å²) in [4.78, 5) is 0. The predicted octanol–water partition coefficient (Wildman–Crippen LogP) is 8.84. The zero-order valence-corrected chi connectivity index (χ0v) is 21.6. The van der Waals surface area contributed by atoms with Crippen molar-refractivity contribution in [3.05, 3.63) is 0 Å². The summed E-state index contributed by atoms with van der Waals surface area (Å²) in [5.41, 5.74) is 0. The van der Waals surface area contributed by atoms with Crippen LogP contribution >= 0.6 is 11.8 Å². The second-order valence-electron chi connectivity index (χ2n) is 8.54. The minimum absolute atomic E-state index is 0. The Hall–Kier alpha value is 1.02. The van der Waals surface area contributed by atoms with Crippen molar-refractivity contribution < 1.29 is 2.85 Å². The maximum absolute atomic E-state index is 6.74. The van der Waals surface area contributed by atoms with Crippen molar-refractivity contribution >= 4 is 34.8 Å². The van der Waals surface area contributed by atoms with Gasteiger partial charge in [-0.15, -0.1) is 0 Å². The molecule has 0 heterocycles. The first-order valence-corrected chi connectivity index (χ1v) is 12.4. The van der Waals surface area contributed by atoms with Crippen molar-refractivity contribution in [2.24, 2.45) is 11.8 Å². The SMILES string of the molecule is CCCCCCC(CCCC)CN(Cl)CC(CCCC)CCCCCC.[H-].[H-].[Mg+2]. The van der Waals surface area contributed by atoms with Gasteiger partial charge in [-0.3, -0.25) is 0 Å². The molecule has 0 N–H and O–H groups in total. The molecule has 0 aliphatic rings. The van der Waals surface area contributed by atoms with E-state index in [1.54, 1.807) is 0 Å². The maximum atomic E-state index is 6.74. The van der Waals surface area contributed by atoms with Crippen molar-refractivity contribution in [3.63, 3.8) is 0 Å². The summed E-state index contributed by atoms with van der Waals surface area (Å²) in [5.74, 6) is 1.60. The molecule has 0 fully saturated rings. The Bertz CT molecular complexity index is 260. The molecule has 0 aromatic heterocycles. The second-order valence-corrected chi connectivity index (χ2v) is 9.02. The number of nitrogens with zero attached hydrogens (tertiary/aromatic N) is 1. The van der Waals surface area contributed by atoms with Crippen molar-refractivity contribution in [1.29, 1.82) is 0 Å². The van der Waals surface area contributed by atoms with E-state index in [1.807, 2.05) is 0 Å². The van der Waals surface area contributed by atoms with Crippen molar-refractivity contribution in [2.75, 3.05) is 13.1 Å². The molecule has 2 atom stereocenters.